The third-order valence-corrected chi connectivity index (χ3v) is 4.83. The maximum Gasteiger partial charge on any atom is 0.129 e. The number of nitrogens with one attached hydrogen (secondary N) is 2. The zero-order valence-corrected chi connectivity index (χ0v) is 14.1. The van der Waals surface area contributed by atoms with Crippen molar-refractivity contribution in [3.8, 4) is 12.1 Å². The van der Waals surface area contributed by atoms with Crippen LogP contribution in [0.25, 0.3) is 0 Å². The average Bonchev–Trinajstić information content (AvgIpc) is 3.02. The lowest BCUT2D eigenvalue weighted by Gasteiger charge is -2.27. The molecule has 1 unspecified atom stereocenters. The lowest BCUT2D eigenvalue weighted by Crippen LogP contribution is -2.18. The van der Waals surface area contributed by atoms with Crippen LogP contribution in [-0.2, 0) is 0 Å². The van der Waals surface area contributed by atoms with Gasteiger partial charge in [0.1, 0.15) is 11.9 Å². The van der Waals surface area contributed by atoms with E-state index in [1.807, 2.05) is 12.1 Å². The predicted octanol–water partition coefficient (Wildman–Crippen LogP) is 4.18. The molecule has 0 aliphatic carbocycles. The first-order chi connectivity index (χ1) is 11.2. The highest BCUT2D eigenvalue weighted by Gasteiger charge is 2.32. The highest BCUT2D eigenvalue weighted by atomic mass is 79.9. The molecule has 2 heterocycles. The van der Waals surface area contributed by atoms with Gasteiger partial charge in [0.25, 0.3) is 0 Å². The first kappa shape index (κ1) is 15.3. The second kappa shape index (κ2) is 6.28. The molecule has 1 aliphatic heterocycles. The van der Waals surface area contributed by atoms with E-state index in [1.54, 1.807) is 12.3 Å². The van der Waals surface area contributed by atoms with Gasteiger partial charge in [0.05, 0.1) is 29.3 Å². The molecule has 0 saturated carbocycles. The molecule has 0 spiro atoms. The number of halogens is 1. The van der Waals surface area contributed by atoms with Crippen LogP contribution in [0.15, 0.2) is 40.1 Å². The fourth-order valence-corrected chi connectivity index (χ4v) is 3.51. The standard InChI is InChI=1S/C17H14BrN5/c1-2-4-14-12(8-20)15(13-9-21-23-17(13)22-14)11-6-3-5-10(7-19)16(11)18/h3,5-6,9,15H,2,4H2,1H3,(H2,21,22,23). The smallest absolute Gasteiger partial charge is 0.129 e. The molecule has 0 bridgehead atoms. The summed E-state index contributed by atoms with van der Waals surface area (Å²) >= 11 is 3.53. The van der Waals surface area contributed by atoms with E-state index in [0.29, 0.717) is 11.1 Å². The van der Waals surface area contributed by atoms with Gasteiger partial charge in [-0.05, 0) is 34.0 Å². The van der Waals surface area contributed by atoms with Gasteiger partial charge in [-0.2, -0.15) is 15.6 Å². The fraction of sp³-hybridized carbons (Fsp3) is 0.235. The minimum absolute atomic E-state index is 0.237. The molecule has 1 aromatic heterocycles. The first-order valence-corrected chi connectivity index (χ1v) is 8.12. The van der Waals surface area contributed by atoms with Crippen molar-refractivity contribution in [2.45, 2.75) is 25.7 Å². The Bertz CT molecular complexity index is 866. The molecular formula is C17H14BrN5. The van der Waals surface area contributed by atoms with Crippen molar-refractivity contribution in [3.05, 3.63) is 56.8 Å². The SMILES string of the molecule is CCCC1=C(C#N)C(c2cccc(C#N)c2Br)c2cn[nH]c2N1. The Morgan fingerprint density at radius 1 is 1.26 bits per heavy atom. The number of rotatable bonds is 3. The van der Waals surface area contributed by atoms with Crippen molar-refractivity contribution in [1.82, 2.24) is 10.2 Å². The number of aromatic amines is 1. The molecule has 23 heavy (non-hydrogen) atoms. The van der Waals surface area contributed by atoms with Crippen LogP contribution >= 0.6 is 15.9 Å². The zero-order chi connectivity index (χ0) is 16.4. The second-order valence-corrected chi connectivity index (χ2v) is 6.13. The van der Waals surface area contributed by atoms with E-state index in [4.69, 9.17) is 0 Å². The fourth-order valence-electron chi connectivity index (χ4n) is 2.92. The molecule has 1 aliphatic rings. The third kappa shape index (κ3) is 2.52. The lowest BCUT2D eigenvalue weighted by atomic mass is 9.82. The normalized spacial score (nSPS) is 16.3. The number of H-pyrrole nitrogens is 1. The van der Waals surface area contributed by atoms with Crippen molar-refractivity contribution < 1.29 is 0 Å². The van der Waals surface area contributed by atoms with E-state index in [9.17, 15) is 10.5 Å². The van der Waals surface area contributed by atoms with Gasteiger partial charge in [0, 0.05) is 15.7 Å². The summed E-state index contributed by atoms with van der Waals surface area (Å²) in [5.41, 5.74) is 3.96. The summed E-state index contributed by atoms with van der Waals surface area (Å²) in [6, 6.07) is 10.1. The Morgan fingerprint density at radius 2 is 2.09 bits per heavy atom. The highest BCUT2D eigenvalue weighted by Crippen LogP contribution is 2.44. The predicted molar refractivity (Wildman–Crippen MR) is 90.5 cm³/mol. The van der Waals surface area contributed by atoms with E-state index >= 15 is 0 Å². The maximum atomic E-state index is 9.74. The van der Waals surface area contributed by atoms with Crippen LogP contribution in [0.5, 0.6) is 0 Å². The summed E-state index contributed by atoms with van der Waals surface area (Å²) in [7, 11) is 0. The molecule has 3 rings (SSSR count). The molecule has 2 N–H and O–H groups in total. The van der Waals surface area contributed by atoms with E-state index in [1.165, 1.54) is 0 Å². The molecule has 0 fully saturated rings. The summed E-state index contributed by atoms with van der Waals surface area (Å²) < 4.78 is 0.727. The Hall–Kier alpha value is -2.57. The molecule has 6 heteroatoms. The summed E-state index contributed by atoms with van der Waals surface area (Å²) in [5, 5.41) is 29.4. The number of anilines is 1. The first-order valence-electron chi connectivity index (χ1n) is 7.33. The van der Waals surface area contributed by atoms with Crippen LogP contribution in [0.1, 0.15) is 42.4 Å². The molecule has 1 aromatic carbocycles. The van der Waals surface area contributed by atoms with Crippen LogP contribution < -0.4 is 5.32 Å². The van der Waals surface area contributed by atoms with E-state index in [2.05, 4.69) is 50.5 Å². The van der Waals surface area contributed by atoms with Gasteiger partial charge in [-0.1, -0.05) is 25.5 Å². The van der Waals surface area contributed by atoms with E-state index in [-0.39, 0.29) is 5.92 Å². The van der Waals surface area contributed by atoms with Crippen molar-refractivity contribution in [1.29, 1.82) is 10.5 Å². The lowest BCUT2D eigenvalue weighted by molar-refractivity contribution is 0.846. The van der Waals surface area contributed by atoms with Crippen LogP contribution in [0.4, 0.5) is 5.82 Å². The van der Waals surface area contributed by atoms with Crippen molar-refractivity contribution in [2.75, 3.05) is 5.32 Å². The third-order valence-electron chi connectivity index (χ3n) is 3.95. The van der Waals surface area contributed by atoms with Gasteiger partial charge in [-0.15, -0.1) is 0 Å². The molecular weight excluding hydrogens is 354 g/mol. The number of nitrogens with zero attached hydrogens (tertiary/aromatic N) is 3. The van der Waals surface area contributed by atoms with Crippen molar-refractivity contribution in [3.63, 3.8) is 0 Å². The Labute approximate surface area is 142 Å². The van der Waals surface area contributed by atoms with Gasteiger partial charge in [0.2, 0.25) is 0 Å². The van der Waals surface area contributed by atoms with Gasteiger partial charge >= 0.3 is 0 Å². The van der Waals surface area contributed by atoms with Crippen LogP contribution in [-0.4, -0.2) is 10.2 Å². The highest BCUT2D eigenvalue weighted by molar-refractivity contribution is 9.10. The molecule has 0 radical (unpaired) electrons. The second-order valence-electron chi connectivity index (χ2n) is 5.33. The monoisotopic (exact) mass is 367 g/mol. The van der Waals surface area contributed by atoms with Crippen molar-refractivity contribution in [2.24, 2.45) is 0 Å². The maximum absolute atomic E-state index is 9.74. The van der Waals surface area contributed by atoms with Crippen LogP contribution in [0.2, 0.25) is 0 Å². The van der Waals surface area contributed by atoms with Gasteiger partial charge in [-0.3, -0.25) is 5.10 Å². The number of fused-ring (bicyclic) bond motifs is 1. The molecule has 0 amide bonds. The van der Waals surface area contributed by atoms with Crippen LogP contribution in [0.3, 0.4) is 0 Å². The summed E-state index contributed by atoms with van der Waals surface area (Å²) in [6.45, 7) is 2.08. The number of hydrogen-bond donors (Lipinski definition) is 2. The average molecular weight is 368 g/mol. The number of aromatic nitrogens is 2. The summed E-state index contributed by atoms with van der Waals surface area (Å²) in [6.07, 6.45) is 3.45. The Kier molecular flexibility index (Phi) is 4.18. The van der Waals surface area contributed by atoms with E-state index in [0.717, 1.165) is 40.0 Å². The number of benzene rings is 1. The topological polar surface area (TPSA) is 88.3 Å². The number of allylic oxidation sites excluding steroid dienone is 2. The van der Waals surface area contributed by atoms with Gasteiger partial charge < -0.3 is 5.32 Å². The molecule has 2 aromatic rings. The molecule has 114 valence electrons. The van der Waals surface area contributed by atoms with Crippen molar-refractivity contribution >= 4 is 21.7 Å². The molecule has 1 atom stereocenters. The number of nitriles is 2. The Morgan fingerprint density at radius 3 is 2.78 bits per heavy atom. The Balaban J connectivity index is 2.24. The number of hydrogen-bond acceptors (Lipinski definition) is 4. The summed E-state index contributed by atoms with van der Waals surface area (Å²) in [5.74, 6) is 0.575. The van der Waals surface area contributed by atoms with E-state index < -0.39 is 0 Å². The minimum atomic E-state index is -0.237. The molecule has 5 nitrogen and oxygen atoms in total. The van der Waals surface area contributed by atoms with Crippen LogP contribution in [0, 0.1) is 22.7 Å². The van der Waals surface area contributed by atoms with Gasteiger partial charge in [0.15, 0.2) is 0 Å². The minimum Gasteiger partial charge on any atom is -0.343 e. The largest absolute Gasteiger partial charge is 0.343 e. The summed E-state index contributed by atoms with van der Waals surface area (Å²) in [4.78, 5) is 0. The quantitative estimate of drug-likeness (QED) is 0.851. The zero-order valence-electron chi connectivity index (χ0n) is 12.5. The molecule has 0 saturated heterocycles. The van der Waals surface area contributed by atoms with Gasteiger partial charge in [-0.25, -0.2) is 0 Å².